The van der Waals surface area contributed by atoms with E-state index in [1.807, 2.05) is 0 Å². The first-order chi connectivity index (χ1) is 11.6. The van der Waals surface area contributed by atoms with Crippen LogP contribution in [-0.4, -0.2) is 23.8 Å². The van der Waals surface area contributed by atoms with E-state index in [-0.39, 0.29) is 18.5 Å². The fourth-order valence-corrected chi connectivity index (χ4v) is 3.45. The Kier molecular flexibility index (Phi) is 3.57. The number of nitrogens with zero attached hydrogens (tertiary/aromatic N) is 2. The van der Waals surface area contributed by atoms with Crippen molar-refractivity contribution < 1.29 is 18.7 Å². The molecular formula is C17H14ClFN2O3. The molecule has 0 spiro atoms. The maximum atomic E-state index is 14.2. The van der Waals surface area contributed by atoms with Crippen LogP contribution in [0.25, 0.3) is 0 Å². The number of rotatable bonds is 2. The first-order valence-corrected chi connectivity index (χ1v) is 8.03. The van der Waals surface area contributed by atoms with E-state index in [4.69, 9.17) is 21.1 Å². The van der Waals surface area contributed by atoms with Crippen molar-refractivity contribution in [3.05, 3.63) is 52.6 Å². The van der Waals surface area contributed by atoms with Crippen LogP contribution in [0.2, 0.25) is 5.15 Å². The first kappa shape index (κ1) is 15.2. The van der Waals surface area contributed by atoms with Gasteiger partial charge in [-0.2, -0.15) is 0 Å². The number of fused-ring (bicyclic) bond motifs is 5. The number of aromatic nitrogens is 1. The Morgan fingerprint density at radius 2 is 2.29 bits per heavy atom. The molecule has 1 aromatic heterocycles. The minimum absolute atomic E-state index is 0.235. The summed E-state index contributed by atoms with van der Waals surface area (Å²) >= 11 is 6.01. The molecule has 5 nitrogen and oxygen atoms in total. The Labute approximate surface area is 143 Å². The molecule has 0 aliphatic carbocycles. The van der Waals surface area contributed by atoms with E-state index < -0.39 is 12.2 Å². The number of halogens is 2. The van der Waals surface area contributed by atoms with Gasteiger partial charge in [-0.15, -0.1) is 0 Å². The zero-order valence-corrected chi connectivity index (χ0v) is 13.6. The molecule has 0 saturated heterocycles. The second kappa shape index (κ2) is 5.63. The Hall–Kier alpha value is -2.34. The van der Waals surface area contributed by atoms with Crippen molar-refractivity contribution in [2.24, 2.45) is 0 Å². The number of benzene rings is 1. The van der Waals surface area contributed by atoms with E-state index in [9.17, 15) is 9.18 Å². The lowest BCUT2D eigenvalue weighted by molar-refractivity contribution is -0.152. The molecule has 0 fully saturated rings. The van der Waals surface area contributed by atoms with Gasteiger partial charge < -0.3 is 14.4 Å². The highest BCUT2D eigenvalue weighted by molar-refractivity contribution is 6.29. The molecular weight excluding hydrogens is 335 g/mol. The van der Waals surface area contributed by atoms with Gasteiger partial charge in [-0.1, -0.05) is 17.7 Å². The lowest BCUT2D eigenvalue weighted by atomic mass is 10.0. The quantitative estimate of drug-likeness (QED) is 0.616. The maximum absolute atomic E-state index is 14.2. The molecule has 2 aromatic rings. The van der Waals surface area contributed by atoms with E-state index in [1.54, 1.807) is 36.1 Å². The molecule has 0 amide bonds. The molecule has 0 radical (unpaired) electrons. The molecule has 24 heavy (non-hydrogen) atoms. The van der Waals surface area contributed by atoms with E-state index in [2.05, 4.69) is 4.98 Å². The second-order valence-electron chi connectivity index (χ2n) is 5.60. The van der Waals surface area contributed by atoms with Gasteiger partial charge in [0.2, 0.25) is 0 Å². The number of esters is 1. The number of carbonyl (C=O) groups is 1. The van der Waals surface area contributed by atoms with Crippen LogP contribution in [0.3, 0.4) is 0 Å². The topological polar surface area (TPSA) is 51.7 Å². The molecule has 2 aliphatic heterocycles. The summed E-state index contributed by atoms with van der Waals surface area (Å²) in [5.41, 5.74) is 1.75. The number of hydrogen-bond acceptors (Lipinski definition) is 5. The summed E-state index contributed by atoms with van der Waals surface area (Å²) in [6, 6.07) is 7.73. The van der Waals surface area contributed by atoms with Gasteiger partial charge in [-0.25, -0.2) is 14.2 Å². The first-order valence-electron chi connectivity index (χ1n) is 7.65. The predicted octanol–water partition coefficient (Wildman–Crippen LogP) is 3.26. The molecule has 0 bridgehead atoms. The second-order valence-corrected chi connectivity index (χ2v) is 5.99. The van der Waals surface area contributed by atoms with Crippen molar-refractivity contribution >= 4 is 23.3 Å². The average Bonchev–Trinajstić information content (AvgIpc) is 2.96. The monoisotopic (exact) mass is 348 g/mol. The van der Waals surface area contributed by atoms with Gasteiger partial charge in [-0.05, 0) is 31.2 Å². The Bertz CT molecular complexity index is 829. The maximum Gasteiger partial charge on any atom is 0.369 e. The predicted molar refractivity (Wildman–Crippen MR) is 85.6 cm³/mol. The molecule has 0 N–H and O–H groups in total. The standard InChI is InChI=1S/C17H14ClFN2O3/c1-2-23-17(22)16-21-11-5-3-4-10(19)9(11)8-12(21)15-13(24-16)6-7-14(18)20-15/h3-7,12,16H,2,8H2,1H3. The van der Waals surface area contributed by atoms with Gasteiger partial charge in [-0.3, -0.25) is 0 Å². The third-order valence-corrected chi connectivity index (χ3v) is 4.46. The molecule has 2 atom stereocenters. The molecule has 3 heterocycles. The third kappa shape index (κ3) is 2.21. The van der Waals surface area contributed by atoms with Crippen molar-refractivity contribution in [3.63, 3.8) is 0 Å². The van der Waals surface area contributed by atoms with Gasteiger partial charge in [0.25, 0.3) is 6.23 Å². The van der Waals surface area contributed by atoms with Crippen molar-refractivity contribution in [1.29, 1.82) is 0 Å². The van der Waals surface area contributed by atoms with Crippen LogP contribution in [0.1, 0.15) is 24.2 Å². The summed E-state index contributed by atoms with van der Waals surface area (Å²) in [6.45, 7) is 1.96. The fourth-order valence-electron chi connectivity index (χ4n) is 3.30. The molecule has 124 valence electrons. The number of ether oxygens (including phenoxy) is 2. The van der Waals surface area contributed by atoms with Gasteiger partial charge in [0, 0.05) is 17.7 Å². The fraction of sp³-hybridized carbons (Fsp3) is 0.294. The number of anilines is 1. The zero-order chi connectivity index (χ0) is 16.8. The highest BCUT2D eigenvalue weighted by atomic mass is 35.5. The lowest BCUT2D eigenvalue weighted by Gasteiger charge is -2.38. The minimum atomic E-state index is -0.978. The summed E-state index contributed by atoms with van der Waals surface area (Å²) in [7, 11) is 0. The van der Waals surface area contributed by atoms with Crippen molar-refractivity contribution in [3.8, 4) is 5.75 Å². The average molecular weight is 349 g/mol. The van der Waals surface area contributed by atoms with Crippen LogP contribution in [0.4, 0.5) is 10.1 Å². The molecule has 7 heteroatoms. The molecule has 4 rings (SSSR count). The van der Waals surface area contributed by atoms with Gasteiger partial charge in [0.1, 0.15) is 22.4 Å². The Balaban J connectivity index is 1.86. The van der Waals surface area contributed by atoms with Crippen molar-refractivity contribution in [1.82, 2.24) is 4.98 Å². The molecule has 1 aromatic carbocycles. The normalized spacial score (nSPS) is 20.7. The summed E-state index contributed by atoms with van der Waals surface area (Å²) in [4.78, 5) is 18.4. The summed E-state index contributed by atoms with van der Waals surface area (Å²) in [6.07, 6.45) is -0.588. The highest BCUT2D eigenvalue weighted by Gasteiger charge is 2.46. The summed E-state index contributed by atoms with van der Waals surface area (Å²) in [5.74, 6) is -0.361. The van der Waals surface area contributed by atoms with Crippen LogP contribution in [0.5, 0.6) is 5.75 Å². The SMILES string of the molecule is CCOC(=O)C1Oc2ccc(Cl)nc2C2Cc3c(F)cccc3N12. The van der Waals surface area contributed by atoms with Gasteiger partial charge >= 0.3 is 5.97 Å². The van der Waals surface area contributed by atoms with Gasteiger partial charge in [0.15, 0.2) is 0 Å². The van der Waals surface area contributed by atoms with E-state index >= 15 is 0 Å². The molecule has 2 aliphatic rings. The van der Waals surface area contributed by atoms with Crippen molar-refractivity contribution in [2.75, 3.05) is 11.5 Å². The number of hydrogen-bond donors (Lipinski definition) is 0. The highest BCUT2D eigenvalue weighted by Crippen LogP contribution is 2.48. The van der Waals surface area contributed by atoms with Crippen molar-refractivity contribution in [2.45, 2.75) is 25.6 Å². The lowest BCUT2D eigenvalue weighted by Crippen LogP contribution is -2.50. The molecule has 0 saturated carbocycles. The van der Waals surface area contributed by atoms with E-state index in [0.29, 0.717) is 34.3 Å². The Morgan fingerprint density at radius 1 is 1.46 bits per heavy atom. The van der Waals surface area contributed by atoms with Gasteiger partial charge in [0.05, 0.1) is 12.6 Å². The minimum Gasteiger partial charge on any atom is -0.462 e. The zero-order valence-electron chi connectivity index (χ0n) is 12.8. The Morgan fingerprint density at radius 3 is 3.08 bits per heavy atom. The molecule has 2 unspecified atom stereocenters. The van der Waals surface area contributed by atoms with Crippen LogP contribution >= 0.6 is 11.6 Å². The van der Waals surface area contributed by atoms with E-state index in [0.717, 1.165) is 0 Å². The summed E-state index contributed by atoms with van der Waals surface area (Å²) < 4.78 is 25.2. The third-order valence-electron chi connectivity index (χ3n) is 4.25. The van der Waals surface area contributed by atoms with Crippen LogP contribution in [-0.2, 0) is 16.0 Å². The number of carbonyl (C=O) groups excluding carboxylic acids is 1. The summed E-state index contributed by atoms with van der Waals surface area (Å²) in [5, 5.41) is 0.323. The number of pyridine rings is 1. The smallest absolute Gasteiger partial charge is 0.369 e. The van der Waals surface area contributed by atoms with E-state index in [1.165, 1.54) is 6.07 Å². The van der Waals surface area contributed by atoms with Crippen LogP contribution in [0.15, 0.2) is 30.3 Å². The van der Waals surface area contributed by atoms with Crippen LogP contribution in [0, 0.1) is 5.82 Å². The van der Waals surface area contributed by atoms with Crippen LogP contribution < -0.4 is 9.64 Å². The largest absolute Gasteiger partial charge is 0.462 e.